The van der Waals surface area contributed by atoms with E-state index in [4.69, 9.17) is 0 Å². The molecule has 0 atom stereocenters. The summed E-state index contributed by atoms with van der Waals surface area (Å²) >= 11 is 3.62. The molecule has 0 unspecified atom stereocenters. The maximum absolute atomic E-state index is 3.62. The number of hydrogen-bond donors (Lipinski definition) is 0. The molecule has 0 bridgehead atoms. The zero-order valence-corrected chi connectivity index (χ0v) is 14.8. The Balaban J connectivity index is 1.91. The molecule has 1 saturated carbocycles. The number of alkyl halides is 1. The van der Waals surface area contributed by atoms with E-state index < -0.39 is 8.07 Å². The normalized spacial score (nSPS) is 32.3. The molecule has 0 spiro atoms. The summed E-state index contributed by atoms with van der Waals surface area (Å²) in [5.74, 6) is 1.05. The first-order valence-corrected chi connectivity index (χ1v) is 12.2. The predicted molar refractivity (Wildman–Crippen MR) is 88.4 cm³/mol. The molecule has 0 aromatic heterocycles. The van der Waals surface area contributed by atoms with Gasteiger partial charge in [-0.25, -0.2) is 0 Å². The minimum atomic E-state index is -0.846. The second-order valence-electron chi connectivity index (χ2n) is 6.87. The van der Waals surface area contributed by atoms with Gasteiger partial charge in [-0.3, -0.25) is 0 Å². The van der Waals surface area contributed by atoms with E-state index in [1.165, 1.54) is 30.1 Å². The molecular formula is C16H31BrSi. The topological polar surface area (TPSA) is 0 Å². The summed E-state index contributed by atoms with van der Waals surface area (Å²) in [4.78, 5) is 0. The Morgan fingerprint density at radius 2 is 1.67 bits per heavy atom. The molecule has 2 heteroatoms. The molecule has 1 saturated heterocycles. The van der Waals surface area contributed by atoms with Crippen molar-refractivity contribution in [2.24, 2.45) is 5.92 Å². The predicted octanol–water partition coefficient (Wildman–Crippen LogP) is 6.37. The van der Waals surface area contributed by atoms with E-state index in [2.05, 4.69) is 22.9 Å². The molecule has 2 fully saturated rings. The zero-order valence-electron chi connectivity index (χ0n) is 12.2. The van der Waals surface area contributed by atoms with Crippen LogP contribution in [0.25, 0.3) is 0 Å². The van der Waals surface area contributed by atoms with Gasteiger partial charge in [-0.1, -0.05) is 92.4 Å². The zero-order chi connectivity index (χ0) is 12.8. The highest BCUT2D eigenvalue weighted by molar-refractivity contribution is 9.09. The molecule has 106 valence electrons. The molecule has 1 aliphatic carbocycles. The van der Waals surface area contributed by atoms with Gasteiger partial charge in [-0.05, 0) is 17.9 Å². The number of hydrogen-bond acceptors (Lipinski definition) is 0. The van der Waals surface area contributed by atoms with Gasteiger partial charge < -0.3 is 0 Å². The lowest BCUT2D eigenvalue weighted by molar-refractivity contribution is 0.343. The summed E-state index contributed by atoms with van der Waals surface area (Å²) in [5.41, 5.74) is 1.21. The third-order valence-corrected chi connectivity index (χ3v) is 12.8. The Hall–Kier alpha value is 0.697. The summed E-state index contributed by atoms with van der Waals surface area (Å²) in [5, 5.41) is 1.22. The van der Waals surface area contributed by atoms with E-state index >= 15 is 0 Å². The second kappa shape index (κ2) is 7.47. The van der Waals surface area contributed by atoms with E-state index in [0.29, 0.717) is 0 Å². The van der Waals surface area contributed by atoms with Gasteiger partial charge in [-0.15, -0.1) is 0 Å². The largest absolute Gasteiger partial charge is 0.0928 e. The van der Waals surface area contributed by atoms with Crippen molar-refractivity contribution in [3.05, 3.63) is 0 Å². The van der Waals surface area contributed by atoms with Crippen molar-refractivity contribution in [2.45, 2.75) is 88.4 Å². The number of halogens is 1. The van der Waals surface area contributed by atoms with Crippen LogP contribution in [-0.2, 0) is 0 Å². The maximum atomic E-state index is 3.62. The van der Waals surface area contributed by atoms with Gasteiger partial charge in [-0.2, -0.15) is 0 Å². The van der Waals surface area contributed by atoms with Gasteiger partial charge in [0.05, 0.1) is 8.07 Å². The summed E-state index contributed by atoms with van der Waals surface area (Å²) in [7, 11) is -0.846. The smallest absolute Gasteiger partial charge is 0.0566 e. The van der Waals surface area contributed by atoms with Gasteiger partial charge in [0.2, 0.25) is 0 Å². The molecule has 2 rings (SSSR count). The van der Waals surface area contributed by atoms with Crippen LogP contribution in [0, 0.1) is 5.92 Å². The first kappa shape index (κ1) is 15.1. The second-order valence-corrected chi connectivity index (χ2v) is 12.7. The Morgan fingerprint density at radius 3 is 2.22 bits per heavy atom. The molecule has 0 amide bonds. The van der Waals surface area contributed by atoms with Crippen LogP contribution in [0.3, 0.4) is 0 Å². The molecule has 0 radical (unpaired) electrons. The standard InChI is InChI=1S/C16H31BrSi/c1-2-12-18(13-4-3-5-14-18)16-8-6-15(7-9-16)10-11-17/h15-16H,2-14H2,1H3. The minimum absolute atomic E-state index is 0.846. The molecular weight excluding hydrogens is 300 g/mol. The maximum Gasteiger partial charge on any atom is 0.0566 e. The van der Waals surface area contributed by atoms with Crippen LogP contribution < -0.4 is 0 Å². The molecule has 1 aliphatic heterocycles. The lowest BCUT2D eigenvalue weighted by atomic mass is 9.87. The van der Waals surface area contributed by atoms with E-state index in [9.17, 15) is 0 Å². The van der Waals surface area contributed by atoms with Crippen molar-refractivity contribution < 1.29 is 0 Å². The quantitative estimate of drug-likeness (QED) is 0.405. The third-order valence-electron chi connectivity index (χ3n) is 5.83. The fourth-order valence-corrected chi connectivity index (χ4v) is 11.9. The lowest BCUT2D eigenvalue weighted by Gasteiger charge is -2.45. The highest BCUT2D eigenvalue weighted by Crippen LogP contribution is 2.49. The first-order valence-electron chi connectivity index (χ1n) is 8.36. The van der Waals surface area contributed by atoms with Gasteiger partial charge in [0.25, 0.3) is 0 Å². The Bertz CT molecular complexity index is 222. The summed E-state index contributed by atoms with van der Waals surface area (Å²) < 4.78 is 0. The van der Waals surface area contributed by atoms with E-state index in [-0.39, 0.29) is 0 Å². The van der Waals surface area contributed by atoms with Crippen LogP contribution in [0.2, 0.25) is 23.7 Å². The molecule has 0 aromatic rings. The average molecular weight is 331 g/mol. The van der Waals surface area contributed by atoms with Crippen molar-refractivity contribution in [3.63, 3.8) is 0 Å². The van der Waals surface area contributed by atoms with Gasteiger partial charge in [0.15, 0.2) is 0 Å². The molecule has 0 aromatic carbocycles. The van der Waals surface area contributed by atoms with Crippen LogP contribution in [0.4, 0.5) is 0 Å². The Morgan fingerprint density at radius 1 is 1.00 bits per heavy atom. The van der Waals surface area contributed by atoms with Crippen LogP contribution in [0.1, 0.15) is 64.7 Å². The summed E-state index contributed by atoms with van der Waals surface area (Å²) in [6.45, 7) is 2.43. The summed E-state index contributed by atoms with van der Waals surface area (Å²) in [6, 6.07) is 5.03. The lowest BCUT2D eigenvalue weighted by Crippen LogP contribution is -2.42. The van der Waals surface area contributed by atoms with E-state index in [1.807, 2.05) is 0 Å². The highest BCUT2D eigenvalue weighted by Gasteiger charge is 2.41. The Labute approximate surface area is 123 Å². The monoisotopic (exact) mass is 330 g/mol. The molecule has 18 heavy (non-hydrogen) atoms. The van der Waals surface area contributed by atoms with Crippen molar-refractivity contribution >= 4 is 24.0 Å². The highest BCUT2D eigenvalue weighted by atomic mass is 79.9. The fourth-order valence-electron chi connectivity index (χ4n) is 4.83. The SMILES string of the molecule is CCC[Si]1(C2CCC(CCBr)CC2)CCCCC1. The fraction of sp³-hybridized carbons (Fsp3) is 1.00. The van der Waals surface area contributed by atoms with Crippen LogP contribution in [-0.4, -0.2) is 13.4 Å². The van der Waals surface area contributed by atoms with Crippen molar-refractivity contribution in [2.75, 3.05) is 5.33 Å². The van der Waals surface area contributed by atoms with Gasteiger partial charge in [0.1, 0.15) is 0 Å². The van der Waals surface area contributed by atoms with Crippen LogP contribution in [0.5, 0.6) is 0 Å². The molecule has 1 heterocycles. The van der Waals surface area contributed by atoms with Crippen molar-refractivity contribution in [1.82, 2.24) is 0 Å². The van der Waals surface area contributed by atoms with Crippen molar-refractivity contribution in [3.8, 4) is 0 Å². The summed E-state index contributed by atoms with van der Waals surface area (Å²) in [6.07, 6.45) is 13.9. The van der Waals surface area contributed by atoms with Crippen LogP contribution >= 0.6 is 15.9 Å². The molecule has 0 N–H and O–H groups in total. The minimum Gasteiger partial charge on any atom is -0.0928 e. The molecule has 2 aliphatic rings. The van der Waals surface area contributed by atoms with E-state index in [1.54, 1.807) is 56.7 Å². The van der Waals surface area contributed by atoms with Crippen LogP contribution in [0.15, 0.2) is 0 Å². The Kier molecular flexibility index (Phi) is 6.26. The first-order chi connectivity index (χ1) is 8.80. The van der Waals surface area contributed by atoms with Crippen molar-refractivity contribution in [1.29, 1.82) is 0 Å². The number of rotatable bonds is 5. The van der Waals surface area contributed by atoms with E-state index in [0.717, 1.165) is 5.92 Å². The molecule has 0 nitrogen and oxygen atoms in total. The van der Waals surface area contributed by atoms with Gasteiger partial charge >= 0.3 is 0 Å². The van der Waals surface area contributed by atoms with Gasteiger partial charge in [0, 0.05) is 5.33 Å². The third kappa shape index (κ3) is 3.62. The average Bonchev–Trinajstić information content (AvgIpc) is 2.41.